The van der Waals surface area contributed by atoms with E-state index < -0.39 is 0 Å². The molecule has 0 amide bonds. The number of aliphatic hydroxyl groups excluding tert-OH is 1. The zero-order valence-corrected chi connectivity index (χ0v) is 20.1. The van der Waals surface area contributed by atoms with E-state index in [0.29, 0.717) is 0 Å². The van der Waals surface area contributed by atoms with Crippen LogP contribution < -0.4 is 4.74 Å². The van der Waals surface area contributed by atoms with Crippen LogP contribution in [0.25, 0.3) is 10.9 Å². The number of pyridine rings is 1. The molecule has 1 aliphatic heterocycles. The number of methoxy groups -OCH3 is 1. The van der Waals surface area contributed by atoms with Gasteiger partial charge in [0.25, 0.3) is 0 Å². The van der Waals surface area contributed by atoms with E-state index in [1.165, 1.54) is 38.6 Å². The van der Waals surface area contributed by atoms with E-state index >= 15 is 0 Å². The summed E-state index contributed by atoms with van der Waals surface area (Å²) in [6.45, 7) is 6.00. The molecule has 1 aromatic carbocycles. The fraction of sp³-hybridized carbons (Fsp3) is 0.654. The third-order valence-corrected chi connectivity index (χ3v) is 7.42. The van der Waals surface area contributed by atoms with Crippen molar-refractivity contribution in [2.75, 3.05) is 33.4 Å². The Kier molecular flexibility index (Phi) is 9.43. The van der Waals surface area contributed by atoms with Gasteiger partial charge in [-0.25, -0.2) is 0 Å². The van der Waals surface area contributed by atoms with E-state index in [0.717, 1.165) is 72.4 Å². The van der Waals surface area contributed by atoms with E-state index in [-0.39, 0.29) is 12.0 Å². The number of ether oxygens (including phenoxy) is 1. The lowest BCUT2D eigenvalue weighted by Crippen LogP contribution is -2.42. The van der Waals surface area contributed by atoms with Crippen LogP contribution in [0.5, 0.6) is 5.75 Å². The molecule has 0 saturated carbocycles. The number of likely N-dealkylation sites (tertiary alicyclic amines) is 1. The molecule has 172 valence electrons. The molecule has 4 nitrogen and oxygen atoms in total. The summed E-state index contributed by atoms with van der Waals surface area (Å²) in [5, 5.41) is 12.0. The lowest BCUT2D eigenvalue weighted by molar-refractivity contribution is 0.0351. The SMILES string of the molecule is CCCCCCCN1CCC(CO)(CCCc2c(Cl)cnc3ccc(OC)cc23)CC1. The molecular formula is C26H39ClN2O2. The van der Waals surface area contributed by atoms with Gasteiger partial charge >= 0.3 is 0 Å². The average molecular weight is 447 g/mol. The maximum absolute atomic E-state index is 10.2. The zero-order valence-electron chi connectivity index (χ0n) is 19.3. The van der Waals surface area contributed by atoms with Gasteiger partial charge in [0, 0.05) is 18.2 Å². The molecule has 0 unspecified atom stereocenters. The summed E-state index contributed by atoms with van der Waals surface area (Å²) in [5.41, 5.74) is 2.15. The summed E-state index contributed by atoms with van der Waals surface area (Å²) in [6, 6.07) is 5.96. The summed E-state index contributed by atoms with van der Waals surface area (Å²) in [4.78, 5) is 7.06. The second-order valence-corrected chi connectivity index (χ2v) is 9.64. The molecule has 2 heterocycles. The summed E-state index contributed by atoms with van der Waals surface area (Å²) in [7, 11) is 1.68. The first-order valence-electron chi connectivity index (χ1n) is 12.0. The van der Waals surface area contributed by atoms with Crippen molar-refractivity contribution in [3.63, 3.8) is 0 Å². The number of hydrogen-bond donors (Lipinski definition) is 1. The molecule has 1 saturated heterocycles. The Morgan fingerprint density at radius 1 is 1.13 bits per heavy atom. The normalized spacial score (nSPS) is 16.6. The number of hydrogen-bond acceptors (Lipinski definition) is 4. The zero-order chi connectivity index (χ0) is 22.1. The van der Waals surface area contributed by atoms with Crippen molar-refractivity contribution >= 4 is 22.5 Å². The predicted octanol–water partition coefficient (Wildman–Crippen LogP) is 6.26. The van der Waals surface area contributed by atoms with Gasteiger partial charge in [0.2, 0.25) is 0 Å². The van der Waals surface area contributed by atoms with Crippen molar-refractivity contribution in [2.45, 2.75) is 71.1 Å². The topological polar surface area (TPSA) is 45.6 Å². The van der Waals surface area contributed by atoms with Gasteiger partial charge < -0.3 is 14.7 Å². The van der Waals surface area contributed by atoms with E-state index in [2.05, 4.69) is 16.8 Å². The highest BCUT2D eigenvalue weighted by molar-refractivity contribution is 6.32. The molecular weight excluding hydrogens is 408 g/mol. The molecule has 1 N–H and O–H groups in total. The maximum Gasteiger partial charge on any atom is 0.119 e. The van der Waals surface area contributed by atoms with Crippen LogP contribution in [0.1, 0.15) is 70.3 Å². The molecule has 1 fully saturated rings. The molecule has 0 spiro atoms. The van der Waals surface area contributed by atoms with Crippen LogP contribution >= 0.6 is 11.6 Å². The van der Waals surface area contributed by atoms with Crippen LogP contribution in [0.15, 0.2) is 24.4 Å². The fourth-order valence-corrected chi connectivity index (χ4v) is 5.15. The smallest absolute Gasteiger partial charge is 0.119 e. The number of halogens is 1. The van der Waals surface area contributed by atoms with Gasteiger partial charge in [-0.1, -0.05) is 44.2 Å². The Hall–Kier alpha value is -1.36. The molecule has 0 aliphatic carbocycles. The van der Waals surface area contributed by atoms with E-state index in [1.807, 2.05) is 18.2 Å². The van der Waals surface area contributed by atoms with Crippen LogP contribution in [0.2, 0.25) is 5.02 Å². The summed E-state index contributed by atoms with van der Waals surface area (Å²) >= 11 is 6.53. The van der Waals surface area contributed by atoms with Gasteiger partial charge in [-0.05, 0) is 87.3 Å². The van der Waals surface area contributed by atoms with E-state index in [9.17, 15) is 5.11 Å². The number of fused-ring (bicyclic) bond motifs is 1. The van der Waals surface area contributed by atoms with Crippen LogP contribution in [-0.2, 0) is 6.42 Å². The van der Waals surface area contributed by atoms with Crippen molar-refractivity contribution in [2.24, 2.45) is 5.41 Å². The minimum absolute atomic E-state index is 0.0612. The number of unbranched alkanes of at least 4 members (excludes halogenated alkanes) is 4. The number of piperidine rings is 1. The van der Waals surface area contributed by atoms with Crippen molar-refractivity contribution in [3.05, 3.63) is 35.0 Å². The number of nitrogens with zero attached hydrogens (tertiary/aromatic N) is 2. The van der Waals surface area contributed by atoms with Gasteiger partial charge in [0.1, 0.15) is 5.75 Å². The van der Waals surface area contributed by atoms with Crippen LogP contribution in [0.4, 0.5) is 0 Å². The average Bonchev–Trinajstić information content (AvgIpc) is 2.81. The van der Waals surface area contributed by atoms with Gasteiger partial charge in [-0.3, -0.25) is 4.98 Å². The number of aliphatic hydroxyl groups is 1. The summed E-state index contributed by atoms with van der Waals surface area (Å²) in [6.07, 6.45) is 13.6. The minimum atomic E-state index is 0.0612. The van der Waals surface area contributed by atoms with Gasteiger partial charge in [-0.2, -0.15) is 0 Å². The molecule has 3 rings (SSSR count). The first-order valence-corrected chi connectivity index (χ1v) is 12.4. The predicted molar refractivity (Wildman–Crippen MR) is 130 cm³/mol. The van der Waals surface area contributed by atoms with Crippen molar-refractivity contribution in [3.8, 4) is 5.75 Å². The summed E-state index contributed by atoms with van der Waals surface area (Å²) in [5.74, 6) is 0.826. The molecule has 1 aliphatic rings. The van der Waals surface area contributed by atoms with Crippen LogP contribution in [-0.4, -0.2) is 48.3 Å². The monoisotopic (exact) mass is 446 g/mol. The maximum atomic E-state index is 10.2. The lowest BCUT2D eigenvalue weighted by atomic mass is 9.75. The van der Waals surface area contributed by atoms with Gasteiger partial charge in [-0.15, -0.1) is 0 Å². The van der Waals surface area contributed by atoms with Crippen molar-refractivity contribution in [1.82, 2.24) is 9.88 Å². The van der Waals surface area contributed by atoms with Crippen LogP contribution in [0, 0.1) is 5.41 Å². The number of rotatable bonds is 12. The van der Waals surface area contributed by atoms with E-state index in [4.69, 9.17) is 16.3 Å². The van der Waals surface area contributed by atoms with Crippen LogP contribution in [0.3, 0.4) is 0 Å². The molecule has 2 aromatic rings. The standard InChI is InChI=1S/C26H39ClN2O2/c1-3-4-5-6-7-15-29-16-13-26(20-30,14-17-29)12-8-9-22-23-18-21(31-2)10-11-25(23)28-19-24(22)27/h10-11,18-19,30H,3-9,12-17,20H2,1-2H3. The molecule has 5 heteroatoms. The Morgan fingerprint density at radius 3 is 2.61 bits per heavy atom. The third-order valence-electron chi connectivity index (χ3n) is 7.10. The second kappa shape index (κ2) is 12.0. The van der Waals surface area contributed by atoms with Crippen molar-refractivity contribution in [1.29, 1.82) is 0 Å². The largest absolute Gasteiger partial charge is 0.497 e. The quantitative estimate of drug-likeness (QED) is 0.390. The number of benzene rings is 1. The first kappa shape index (κ1) is 24.3. The highest BCUT2D eigenvalue weighted by Gasteiger charge is 2.33. The summed E-state index contributed by atoms with van der Waals surface area (Å²) < 4.78 is 5.40. The van der Waals surface area contributed by atoms with Gasteiger partial charge in [0.15, 0.2) is 0 Å². The first-order chi connectivity index (χ1) is 15.1. The Bertz CT molecular complexity index is 818. The molecule has 0 bridgehead atoms. The van der Waals surface area contributed by atoms with E-state index in [1.54, 1.807) is 13.3 Å². The molecule has 0 atom stereocenters. The Labute approximate surface area is 193 Å². The highest BCUT2D eigenvalue weighted by atomic mass is 35.5. The molecule has 0 radical (unpaired) electrons. The minimum Gasteiger partial charge on any atom is -0.497 e. The highest BCUT2D eigenvalue weighted by Crippen LogP contribution is 2.37. The Balaban J connectivity index is 1.53. The molecule has 31 heavy (non-hydrogen) atoms. The van der Waals surface area contributed by atoms with Crippen molar-refractivity contribution < 1.29 is 9.84 Å². The second-order valence-electron chi connectivity index (χ2n) is 9.24. The lowest BCUT2D eigenvalue weighted by Gasteiger charge is -2.41. The number of aryl methyl sites for hydroxylation is 1. The molecule has 1 aromatic heterocycles. The fourth-order valence-electron chi connectivity index (χ4n) is 4.90. The number of aromatic nitrogens is 1. The Morgan fingerprint density at radius 2 is 1.90 bits per heavy atom. The third kappa shape index (κ3) is 6.57. The van der Waals surface area contributed by atoms with Gasteiger partial charge in [0.05, 0.1) is 17.6 Å².